The van der Waals surface area contributed by atoms with Crippen molar-refractivity contribution in [1.82, 2.24) is 5.32 Å². The van der Waals surface area contributed by atoms with Gasteiger partial charge in [0.25, 0.3) is 0 Å². The molecule has 0 aromatic rings. The summed E-state index contributed by atoms with van der Waals surface area (Å²) < 4.78 is 4.58. The van der Waals surface area contributed by atoms with Crippen LogP contribution < -0.4 is 5.32 Å². The van der Waals surface area contributed by atoms with Crippen LogP contribution in [0, 0.1) is 5.92 Å². The molecular weight excluding hydrogens is 202 g/mol. The highest BCUT2D eigenvalue weighted by Crippen LogP contribution is 2.09. The summed E-state index contributed by atoms with van der Waals surface area (Å²) in [6.45, 7) is 5.10. The third kappa shape index (κ3) is 3.21. The molecule has 0 rings (SSSR count). The zero-order valence-electron chi connectivity index (χ0n) is 8.96. The van der Waals surface area contributed by atoms with Crippen molar-refractivity contribution in [3.05, 3.63) is 0 Å². The predicted molar refractivity (Wildman–Crippen MR) is 57.3 cm³/mol. The second kappa shape index (κ2) is 5.24. The Morgan fingerprint density at radius 3 is 2.29 bits per heavy atom. The second-order valence-electron chi connectivity index (χ2n) is 3.63. The zero-order chi connectivity index (χ0) is 11.4. The highest BCUT2D eigenvalue weighted by Gasteiger charge is 2.35. The van der Waals surface area contributed by atoms with E-state index < -0.39 is 11.5 Å². The molecule has 4 nitrogen and oxygen atoms in total. The monoisotopic (exact) mass is 219 g/mol. The van der Waals surface area contributed by atoms with E-state index in [2.05, 4.69) is 22.7 Å². The second-order valence-corrected chi connectivity index (χ2v) is 3.94. The lowest BCUT2D eigenvalue weighted by molar-refractivity contribution is -0.149. The molecule has 1 atom stereocenters. The molecule has 0 aliphatic heterocycles. The van der Waals surface area contributed by atoms with Gasteiger partial charge in [0.1, 0.15) is 5.54 Å². The fraction of sp³-hybridized carbons (Fsp3) is 0.778. The van der Waals surface area contributed by atoms with Gasteiger partial charge in [-0.15, -0.1) is 0 Å². The first kappa shape index (κ1) is 13.3. The Bertz CT molecular complexity index is 230. The number of thiol groups is 1. The van der Waals surface area contributed by atoms with Gasteiger partial charge in [-0.25, -0.2) is 4.79 Å². The average Bonchev–Trinajstić information content (AvgIpc) is 2.15. The summed E-state index contributed by atoms with van der Waals surface area (Å²) in [6, 6.07) is 0. The first-order valence-corrected chi connectivity index (χ1v) is 5.02. The zero-order valence-corrected chi connectivity index (χ0v) is 9.85. The minimum Gasteiger partial charge on any atom is -0.467 e. The van der Waals surface area contributed by atoms with Gasteiger partial charge in [-0.2, -0.15) is 12.6 Å². The lowest BCUT2D eigenvalue weighted by Crippen LogP contribution is -2.55. The summed E-state index contributed by atoms with van der Waals surface area (Å²) in [5.41, 5.74) is -1.04. The Hall–Kier alpha value is -0.710. The van der Waals surface area contributed by atoms with E-state index in [1.165, 1.54) is 7.11 Å². The molecule has 14 heavy (non-hydrogen) atoms. The minimum absolute atomic E-state index is 0.168. The molecule has 5 heteroatoms. The summed E-state index contributed by atoms with van der Waals surface area (Å²) in [4.78, 5) is 22.7. The number of esters is 1. The number of hydrogen-bond acceptors (Lipinski definition) is 4. The van der Waals surface area contributed by atoms with E-state index in [0.29, 0.717) is 0 Å². The summed E-state index contributed by atoms with van der Waals surface area (Å²) in [5.74, 6) is -0.634. The van der Waals surface area contributed by atoms with Crippen LogP contribution in [0.15, 0.2) is 0 Å². The topological polar surface area (TPSA) is 55.4 Å². The van der Waals surface area contributed by atoms with E-state index in [1.807, 2.05) is 0 Å². The first-order valence-electron chi connectivity index (χ1n) is 4.38. The average molecular weight is 219 g/mol. The van der Waals surface area contributed by atoms with Gasteiger partial charge in [0, 0.05) is 11.7 Å². The van der Waals surface area contributed by atoms with Crippen molar-refractivity contribution in [2.75, 3.05) is 12.9 Å². The van der Waals surface area contributed by atoms with Crippen molar-refractivity contribution >= 4 is 24.5 Å². The highest BCUT2D eigenvalue weighted by molar-refractivity contribution is 7.80. The van der Waals surface area contributed by atoms with E-state index in [-0.39, 0.29) is 17.6 Å². The number of rotatable bonds is 4. The lowest BCUT2D eigenvalue weighted by Gasteiger charge is -2.26. The van der Waals surface area contributed by atoms with Gasteiger partial charge in [-0.05, 0) is 6.92 Å². The van der Waals surface area contributed by atoms with Crippen LogP contribution in [0.4, 0.5) is 0 Å². The smallest absolute Gasteiger partial charge is 0.332 e. The van der Waals surface area contributed by atoms with Crippen molar-refractivity contribution in [3.63, 3.8) is 0 Å². The van der Waals surface area contributed by atoms with Gasteiger partial charge in [0.05, 0.1) is 7.11 Å². The molecule has 0 unspecified atom stereocenters. The molecule has 0 aliphatic rings. The van der Waals surface area contributed by atoms with E-state index in [9.17, 15) is 9.59 Å². The fourth-order valence-electron chi connectivity index (χ4n) is 0.797. The number of hydrogen-bond donors (Lipinski definition) is 2. The molecule has 0 aromatic heterocycles. The van der Waals surface area contributed by atoms with Crippen LogP contribution in [0.5, 0.6) is 0 Å². The number of nitrogens with one attached hydrogen (secondary N) is 1. The van der Waals surface area contributed by atoms with Crippen molar-refractivity contribution in [2.24, 2.45) is 5.92 Å². The molecule has 1 N–H and O–H groups in total. The molecule has 0 fully saturated rings. The van der Waals surface area contributed by atoms with Crippen molar-refractivity contribution in [3.8, 4) is 0 Å². The molecule has 0 spiro atoms. The summed E-state index contributed by atoms with van der Waals surface area (Å²) in [5, 5.41) is 2.60. The number of carbonyl (C=O) groups excluding carboxylic acids is 2. The highest BCUT2D eigenvalue weighted by atomic mass is 32.1. The standard InChI is InChI=1S/C9H17NO3S/c1-6(2)7(11)10-9(3,5-14)8(12)13-4/h6,14H,5H2,1-4H3,(H,10,11)/t9-/m0/s1. The SMILES string of the molecule is COC(=O)[C@](C)(CS)NC(=O)C(C)C. The Kier molecular flexibility index (Phi) is 4.97. The Morgan fingerprint density at radius 1 is 1.50 bits per heavy atom. The van der Waals surface area contributed by atoms with E-state index >= 15 is 0 Å². The molecule has 0 saturated heterocycles. The quantitative estimate of drug-likeness (QED) is 0.538. The predicted octanol–water partition coefficient (Wildman–Crippen LogP) is 0.620. The molecule has 0 aromatic carbocycles. The normalized spacial score (nSPS) is 14.7. The maximum Gasteiger partial charge on any atom is 0.332 e. The minimum atomic E-state index is -1.04. The number of amides is 1. The molecule has 0 saturated carbocycles. The van der Waals surface area contributed by atoms with E-state index in [1.54, 1.807) is 20.8 Å². The third-order valence-corrected chi connectivity index (χ3v) is 2.51. The Balaban J connectivity index is 4.56. The fourth-order valence-corrected chi connectivity index (χ4v) is 1.00. The van der Waals surface area contributed by atoms with Crippen molar-refractivity contribution in [2.45, 2.75) is 26.3 Å². The van der Waals surface area contributed by atoms with Crippen LogP contribution in [0.25, 0.3) is 0 Å². The maximum absolute atomic E-state index is 11.4. The summed E-state index contributed by atoms with van der Waals surface area (Å²) in [7, 11) is 1.28. The van der Waals surface area contributed by atoms with Crippen molar-refractivity contribution < 1.29 is 14.3 Å². The Morgan fingerprint density at radius 2 is 2.00 bits per heavy atom. The van der Waals surface area contributed by atoms with Crippen LogP contribution in [-0.2, 0) is 14.3 Å². The third-order valence-electron chi connectivity index (χ3n) is 1.88. The molecule has 82 valence electrons. The van der Waals surface area contributed by atoms with Crippen LogP contribution in [0.3, 0.4) is 0 Å². The first-order chi connectivity index (χ1) is 6.37. The summed E-state index contributed by atoms with van der Waals surface area (Å²) in [6.07, 6.45) is 0. The molecular formula is C9H17NO3S. The largest absolute Gasteiger partial charge is 0.467 e. The Labute approximate surface area is 89.8 Å². The van der Waals surface area contributed by atoms with Gasteiger partial charge in [0.2, 0.25) is 5.91 Å². The van der Waals surface area contributed by atoms with E-state index in [0.717, 1.165) is 0 Å². The number of methoxy groups -OCH3 is 1. The van der Waals surface area contributed by atoms with Crippen LogP contribution in [0.1, 0.15) is 20.8 Å². The molecule has 0 radical (unpaired) electrons. The molecule has 0 aliphatic carbocycles. The number of carbonyl (C=O) groups is 2. The molecule has 1 amide bonds. The molecule has 0 heterocycles. The van der Waals surface area contributed by atoms with Gasteiger partial charge < -0.3 is 10.1 Å². The lowest BCUT2D eigenvalue weighted by atomic mass is 10.0. The summed E-state index contributed by atoms with van der Waals surface area (Å²) >= 11 is 4.02. The number of ether oxygens (including phenoxy) is 1. The van der Waals surface area contributed by atoms with Crippen LogP contribution >= 0.6 is 12.6 Å². The maximum atomic E-state index is 11.4. The van der Waals surface area contributed by atoms with Gasteiger partial charge >= 0.3 is 5.97 Å². The van der Waals surface area contributed by atoms with Crippen molar-refractivity contribution in [1.29, 1.82) is 0 Å². The molecule has 0 bridgehead atoms. The van der Waals surface area contributed by atoms with Gasteiger partial charge in [-0.3, -0.25) is 4.79 Å². The van der Waals surface area contributed by atoms with Gasteiger partial charge in [-0.1, -0.05) is 13.8 Å². The van der Waals surface area contributed by atoms with E-state index in [4.69, 9.17) is 0 Å². The van der Waals surface area contributed by atoms with Gasteiger partial charge in [0.15, 0.2) is 0 Å². The van der Waals surface area contributed by atoms with Crippen LogP contribution in [-0.4, -0.2) is 30.3 Å². The van der Waals surface area contributed by atoms with Crippen LogP contribution in [0.2, 0.25) is 0 Å².